The lowest BCUT2D eigenvalue weighted by molar-refractivity contribution is 0.172. The maximum Gasteiger partial charge on any atom is 0.129 e. The summed E-state index contributed by atoms with van der Waals surface area (Å²) in [5.74, 6) is 0.312. The molecule has 0 aliphatic carbocycles. The Morgan fingerprint density at radius 1 is 1.38 bits per heavy atom. The molecule has 3 heteroatoms. The van der Waals surface area contributed by atoms with E-state index in [-0.39, 0.29) is 0 Å². The lowest BCUT2D eigenvalue weighted by atomic mass is 10.1. The zero-order chi connectivity index (χ0) is 9.26. The van der Waals surface area contributed by atoms with E-state index >= 15 is 0 Å². The van der Waals surface area contributed by atoms with Crippen LogP contribution in [0.4, 0.5) is 0 Å². The molecule has 1 saturated heterocycles. The average Bonchev–Trinajstić information content (AvgIpc) is 2.04. The first-order chi connectivity index (χ1) is 6.25. The Hall–Kier alpha value is -0.540. The van der Waals surface area contributed by atoms with Gasteiger partial charge < -0.3 is 5.11 Å². The van der Waals surface area contributed by atoms with Crippen LogP contribution in [-0.4, -0.2) is 23.1 Å². The number of aromatic hydroxyl groups is 1. The Labute approximate surface area is 86.3 Å². The zero-order valence-electron chi connectivity index (χ0n) is 7.33. The average molecular weight is 242 g/mol. The molecule has 0 spiro atoms. The van der Waals surface area contributed by atoms with Crippen LogP contribution >= 0.6 is 15.9 Å². The van der Waals surface area contributed by atoms with Crippen molar-refractivity contribution in [3.05, 3.63) is 28.2 Å². The summed E-state index contributed by atoms with van der Waals surface area (Å²) in [6.07, 6.45) is 1.32. The lowest BCUT2D eigenvalue weighted by Crippen LogP contribution is -2.36. The van der Waals surface area contributed by atoms with Gasteiger partial charge in [-0.15, -0.1) is 0 Å². The van der Waals surface area contributed by atoms with E-state index in [4.69, 9.17) is 0 Å². The van der Waals surface area contributed by atoms with Crippen LogP contribution < -0.4 is 0 Å². The molecule has 0 amide bonds. The molecule has 0 bridgehead atoms. The fourth-order valence-electron chi connectivity index (χ4n) is 1.45. The van der Waals surface area contributed by atoms with Crippen LogP contribution in [-0.2, 0) is 6.54 Å². The third-order valence-electron chi connectivity index (χ3n) is 2.37. The first-order valence-electron chi connectivity index (χ1n) is 4.45. The molecule has 13 heavy (non-hydrogen) atoms. The van der Waals surface area contributed by atoms with Crippen molar-refractivity contribution in [3.8, 4) is 5.75 Å². The molecule has 1 aromatic carbocycles. The highest BCUT2D eigenvalue weighted by Crippen LogP contribution is 2.25. The Morgan fingerprint density at radius 3 is 2.69 bits per heavy atom. The number of nitrogens with zero attached hydrogens (tertiary/aromatic N) is 1. The van der Waals surface area contributed by atoms with Gasteiger partial charge in [-0.1, -0.05) is 6.07 Å². The number of hydrogen-bond acceptors (Lipinski definition) is 2. The fourth-order valence-corrected chi connectivity index (χ4v) is 1.87. The van der Waals surface area contributed by atoms with Crippen molar-refractivity contribution in [3.63, 3.8) is 0 Å². The van der Waals surface area contributed by atoms with Gasteiger partial charge >= 0.3 is 0 Å². The second kappa shape index (κ2) is 3.68. The highest BCUT2D eigenvalue weighted by atomic mass is 79.9. The molecule has 0 aromatic heterocycles. The minimum Gasteiger partial charge on any atom is -0.507 e. The van der Waals surface area contributed by atoms with Crippen LogP contribution in [0.1, 0.15) is 12.0 Å². The maximum atomic E-state index is 9.29. The smallest absolute Gasteiger partial charge is 0.129 e. The SMILES string of the molecule is Oc1ccc(CN2CCC2)cc1Br. The summed E-state index contributed by atoms with van der Waals surface area (Å²) in [5, 5.41) is 9.29. The Balaban J connectivity index is 2.07. The number of rotatable bonds is 2. The van der Waals surface area contributed by atoms with Crippen LogP contribution in [0, 0.1) is 0 Å². The number of phenols is 1. The van der Waals surface area contributed by atoms with E-state index in [1.165, 1.54) is 25.1 Å². The van der Waals surface area contributed by atoms with Crippen LogP contribution in [0.5, 0.6) is 5.75 Å². The van der Waals surface area contributed by atoms with Gasteiger partial charge in [-0.25, -0.2) is 0 Å². The first-order valence-corrected chi connectivity index (χ1v) is 5.25. The molecular formula is C10H12BrNO. The summed E-state index contributed by atoms with van der Waals surface area (Å²) >= 11 is 3.31. The number of likely N-dealkylation sites (tertiary alicyclic amines) is 1. The standard InChI is InChI=1S/C10H12BrNO/c11-9-6-8(2-3-10(9)13)7-12-4-1-5-12/h2-3,6,13H,1,4-5,7H2. The van der Waals surface area contributed by atoms with E-state index in [0.29, 0.717) is 5.75 Å². The van der Waals surface area contributed by atoms with Gasteiger partial charge in [0.2, 0.25) is 0 Å². The Bertz CT molecular complexity index is 310. The Kier molecular flexibility index (Phi) is 2.56. The molecule has 1 aliphatic heterocycles. The molecule has 1 aliphatic rings. The predicted octanol–water partition coefficient (Wildman–Crippen LogP) is 2.36. The first kappa shape index (κ1) is 9.03. The number of hydrogen-bond donors (Lipinski definition) is 1. The van der Waals surface area contributed by atoms with Gasteiger partial charge in [0.05, 0.1) is 4.47 Å². The molecule has 0 unspecified atom stereocenters. The molecule has 1 aromatic rings. The lowest BCUT2D eigenvalue weighted by Gasteiger charge is -2.30. The largest absolute Gasteiger partial charge is 0.507 e. The van der Waals surface area contributed by atoms with Gasteiger partial charge in [-0.3, -0.25) is 4.90 Å². The summed E-state index contributed by atoms with van der Waals surface area (Å²) < 4.78 is 0.783. The monoisotopic (exact) mass is 241 g/mol. The van der Waals surface area contributed by atoms with Gasteiger partial charge in [0.25, 0.3) is 0 Å². The van der Waals surface area contributed by atoms with E-state index in [2.05, 4.69) is 20.8 Å². The molecule has 1 heterocycles. The van der Waals surface area contributed by atoms with Crippen molar-refractivity contribution >= 4 is 15.9 Å². The van der Waals surface area contributed by atoms with E-state index in [1.807, 2.05) is 12.1 Å². The molecule has 2 rings (SSSR count). The number of halogens is 1. The molecule has 2 nitrogen and oxygen atoms in total. The van der Waals surface area contributed by atoms with Gasteiger partial charge in [0, 0.05) is 6.54 Å². The van der Waals surface area contributed by atoms with Crippen LogP contribution in [0.3, 0.4) is 0 Å². The zero-order valence-corrected chi connectivity index (χ0v) is 8.92. The number of benzene rings is 1. The molecule has 0 saturated carbocycles. The quantitative estimate of drug-likeness (QED) is 0.860. The second-order valence-corrected chi connectivity index (χ2v) is 4.27. The molecule has 1 fully saturated rings. The summed E-state index contributed by atoms with van der Waals surface area (Å²) in [7, 11) is 0. The highest BCUT2D eigenvalue weighted by Gasteiger charge is 2.13. The molecule has 0 radical (unpaired) electrons. The van der Waals surface area contributed by atoms with E-state index in [1.54, 1.807) is 6.07 Å². The summed E-state index contributed by atoms with van der Waals surface area (Å²) in [4.78, 5) is 2.39. The van der Waals surface area contributed by atoms with Crippen molar-refractivity contribution in [2.75, 3.05) is 13.1 Å². The minimum atomic E-state index is 0.312. The second-order valence-electron chi connectivity index (χ2n) is 3.42. The Morgan fingerprint density at radius 2 is 2.15 bits per heavy atom. The molecule has 70 valence electrons. The molecule has 1 N–H and O–H groups in total. The van der Waals surface area contributed by atoms with Crippen molar-refractivity contribution in [1.82, 2.24) is 4.90 Å². The van der Waals surface area contributed by atoms with Gasteiger partial charge in [0.15, 0.2) is 0 Å². The highest BCUT2D eigenvalue weighted by molar-refractivity contribution is 9.10. The topological polar surface area (TPSA) is 23.5 Å². The van der Waals surface area contributed by atoms with Crippen LogP contribution in [0.15, 0.2) is 22.7 Å². The predicted molar refractivity (Wildman–Crippen MR) is 55.7 cm³/mol. The van der Waals surface area contributed by atoms with Crippen molar-refractivity contribution in [2.24, 2.45) is 0 Å². The van der Waals surface area contributed by atoms with Crippen molar-refractivity contribution in [2.45, 2.75) is 13.0 Å². The summed E-state index contributed by atoms with van der Waals surface area (Å²) in [6.45, 7) is 3.41. The third-order valence-corrected chi connectivity index (χ3v) is 3.00. The van der Waals surface area contributed by atoms with E-state index < -0.39 is 0 Å². The number of phenolic OH excluding ortho intramolecular Hbond substituents is 1. The minimum absolute atomic E-state index is 0.312. The summed E-state index contributed by atoms with van der Waals surface area (Å²) in [5.41, 5.74) is 1.25. The van der Waals surface area contributed by atoms with E-state index in [0.717, 1.165) is 11.0 Å². The van der Waals surface area contributed by atoms with Crippen molar-refractivity contribution < 1.29 is 5.11 Å². The van der Waals surface area contributed by atoms with Gasteiger partial charge in [-0.05, 0) is 53.1 Å². The van der Waals surface area contributed by atoms with Crippen LogP contribution in [0.2, 0.25) is 0 Å². The summed E-state index contributed by atoms with van der Waals surface area (Å²) in [6, 6.07) is 5.69. The van der Waals surface area contributed by atoms with Gasteiger partial charge in [-0.2, -0.15) is 0 Å². The molecule has 0 atom stereocenters. The fraction of sp³-hybridized carbons (Fsp3) is 0.400. The van der Waals surface area contributed by atoms with E-state index in [9.17, 15) is 5.11 Å². The normalized spacial score (nSPS) is 17.0. The third kappa shape index (κ3) is 2.03. The van der Waals surface area contributed by atoms with Gasteiger partial charge in [0.1, 0.15) is 5.75 Å². The molecular weight excluding hydrogens is 230 g/mol. The maximum absolute atomic E-state index is 9.29. The van der Waals surface area contributed by atoms with Crippen molar-refractivity contribution in [1.29, 1.82) is 0 Å². The van der Waals surface area contributed by atoms with Crippen LogP contribution in [0.25, 0.3) is 0 Å².